The number of cyclic esters (lactones) is 1. The summed E-state index contributed by atoms with van der Waals surface area (Å²) in [6.07, 6.45) is 1.62. The Hall–Kier alpha value is -3.34. The molecule has 1 aliphatic heterocycles. The minimum atomic E-state index is -3.56. The number of carbonyl (C=O) groups excluding carboxylic acids is 1. The first kappa shape index (κ1) is 23.8. The summed E-state index contributed by atoms with van der Waals surface area (Å²) in [5.41, 5.74) is 4.06. The van der Waals surface area contributed by atoms with Crippen LogP contribution in [0.3, 0.4) is 0 Å². The van der Waals surface area contributed by atoms with Gasteiger partial charge in [0.2, 0.25) is 15.9 Å². The van der Waals surface area contributed by atoms with Crippen LogP contribution in [0.25, 0.3) is 6.08 Å². The molecule has 0 atom stereocenters. The summed E-state index contributed by atoms with van der Waals surface area (Å²) in [5, 5.41) is 1.93. The number of nitrogens with zero attached hydrogens (tertiary/aromatic N) is 3. The number of benzene rings is 2. The topological polar surface area (TPSA) is 98.2 Å². The summed E-state index contributed by atoms with van der Waals surface area (Å²) in [6.45, 7) is 4.74. The molecule has 4 rings (SSSR count). The van der Waals surface area contributed by atoms with Gasteiger partial charge in [-0.25, -0.2) is 23.2 Å². The second kappa shape index (κ2) is 10.3. The van der Waals surface area contributed by atoms with Crippen LogP contribution in [0.4, 0.5) is 0 Å². The first-order chi connectivity index (χ1) is 16.4. The van der Waals surface area contributed by atoms with Crippen molar-refractivity contribution in [2.75, 3.05) is 13.1 Å². The molecule has 2 heterocycles. The number of sulfonamides is 1. The van der Waals surface area contributed by atoms with E-state index >= 15 is 0 Å². The van der Waals surface area contributed by atoms with Gasteiger partial charge in [-0.05, 0) is 48.0 Å². The van der Waals surface area contributed by atoms with Crippen molar-refractivity contribution in [3.8, 4) is 5.75 Å². The standard InChI is InChI=1S/C24H23N3O5S2/c1-3-27(4-2)34(29,30)21-11-7-18(8-12-21)23-26-22(24(28)32-23)13-17-5-9-20(10-6-17)31-14-19-15-33-16-25-19/h5-13,15-16H,3-4,14H2,1-2H3/b22-13-. The molecule has 0 aliphatic carbocycles. The quantitative estimate of drug-likeness (QED) is 0.326. The Bertz CT molecular complexity index is 1310. The number of hydrogen-bond acceptors (Lipinski definition) is 8. The van der Waals surface area contributed by atoms with E-state index in [1.807, 2.05) is 17.5 Å². The Morgan fingerprint density at radius 1 is 1.06 bits per heavy atom. The number of thiazole rings is 1. The van der Waals surface area contributed by atoms with Gasteiger partial charge in [0.15, 0.2) is 5.70 Å². The van der Waals surface area contributed by atoms with E-state index in [1.165, 1.54) is 27.8 Å². The van der Waals surface area contributed by atoms with Gasteiger partial charge in [0.05, 0.1) is 16.1 Å². The minimum Gasteiger partial charge on any atom is -0.487 e. The lowest BCUT2D eigenvalue weighted by atomic mass is 10.2. The molecule has 0 radical (unpaired) electrons. The number of rotatable bonds is 9. The summed E-state index contributed by atoms with van der Waals surface area (Å²) in [4.78, 5) is 21.0. The van der Waals surface area contributed by atoms with Crippen molar-refractivity contribution in [3.63, 3.8) is 0 Å². The van der Waals surface area contributed by atoms with E-state index in [0.29, 0.717) is 31.0 Å². The molecular formula is C24H23N3O5S2. The van der Waals surface area contributed by atoms with Crippen molar-refractivity contribution >= 4 is 39.3 Å². The second-order valence-corrected chi connectivity index (χ2v) is 9.94. The molecule has 0 amide bonds. The van der Waals surface area contributed by atoms with Gasteiger partial charge in [-0.15, -0.1) is 11.3 Å². The van der Waals surface area contributed by atoms with Gasteiger partial charge < -0.3 is 9.47 Å². The fourth-order valence-electron chi connectivity index (χ4n) is 3.30. The summed E-state index contributed by atoms with van der Waals surface area (Å²) in [6, 6.07) is 13.4. The van der Waals surface area contributed by atoms with Gasteiger partial charge >= 0.3 is 5.97 Å². The molecule has 2 aromatic carbocycles. The maximum atomic E-state index is 12.6. The van der Waals surface area contributed by atoms with Crippen molar-refractivity contribution in [2.24, 2.45) is 4.99 Å². The molecule has 1 aromatic heterocycles. The predicted molar refractivity (Wildman–Crippen MR) is 130 cm³/mol. The van der Waals surface area contributed by atoms with Crippen LogP contribution in [0.15, 0.2) is 75.0 Å². The monoisotopic (exact) mass is 497 g/mol. The van der Waals surface area contributed by atoms with Crippen molar-refractivity contribution in [3.05, 3.63) is 81.9 Å². The third kappa shape index (κ3) is 5.24. The number of aliphatic imine (C=N–C) groups is 1. The molecule has 0 fully saturated rings. The average Bonchev–Trinajstić information content (AvgIpc) is 3.49. The average molecular weight is 498 g/mol. The molecule has 0 unspecified atom stereocenters. The zero-order valence-electron chi connectivity index (χ0n) is 18.7. The van der Waals surface area contributed by atoms with Crippen LogP contribution in [-0.2, 0) is 26.2 Å². The predicted octanol–water partition coefficient (Wildman–Crippen LogP) is 4.10. The number of esters is 1. The number of hydrogen-bond donors (Lipinski definition) is 0. The van der Waals surface area contributed by atoms with Crippen LogP contribution in [0.1, 0.15) is 30.7 Å². The molecule has 3 aromatic rings. The van der Waals surface area contributed by atoms with Gasteiger partial charge in [0.1, 0.15) is 12.4 Å². The van der Waals surface area contributed by atoms with Crippen molar-refractivity contribution in [2.45, 2.75) is 25.3 Å². The molecule has 10 heteroatoms. The van der Waals surface area contributed by atoms with Gasteiger partial charge in [-0.2, -0.15) is 4.31 Å². The number of ether oxygens (including phenoxy) is 2. The highest BCUT2D eigenvalue weighted by Gasteiger charge is 2.26. The van der Waals surface area contributed by atoms with Gasteiger partial charge in [-0.1, -0.05) is 26.0 Å². The number of aromatic nitrogens is 1. The minimum absolute atomic E-state index is 0.131. The lowest BCUT2D eigenvalue weighted by molar-refractivity contribution is -0.129. The van der Waals surface area contributed by atoms with E-state index < -0.39 is 16.0 Å². The van der Waals surface area contributed by atoms with Gasteiger partial charge in [-0.3, -0.25) is 0 Å². The Labute approximate surface area is 202 Å². The van der Waals surface area contributed by atoms with Crippen molar-refractivity contribution < 1.29 is 22.7 Å². The highest BCUT2D eigenvalue weighted by atomic mass is 32.2. The Morgan fingerprint density at radius 2 is 1.76 bits per heavy atom. The smallest absolute Gasteiger partial charge is 0.363 e. The van der Waals surface area contributed by atoms with Crippen LogP contribution in [-0.4, -0.2) is 42.7 Å². The maximum Gasteiger partial charge on any atom is 0.363 e. The third-order valence-electron chi connectivity index (χ3n) is 5.12. The van der Waals surface area contributed by atoms with Crippen LogP contribution in [0, 0.1) is 0 Å². The molecule has 0 N–H and O–H groups in total. The van der Waals surface area contributed by atoms with Crippen LogP contribution in [0.5, 0.6) is 5.75 Å². The first-order valence-electron chi connectivity index (χ1n) is 10.6. The normalized spacial score (nSPS) is 15.0. The van der Waals surface area contributed by atoms with Crippen molar-refractivity contribution in [1.29, 1.82) is 0 Å². The molecule has 8 nitrogen and oxygen atoms in total. The fourth-order valence-corrected chi connectivity index (χ4v) is 5.30. The SMILES string of the molecule is CCN(CC)S(=O)(=O)c1ccc(C2=N/C(=C\c3ccc(OCc4cscn4)cc3)C(=O)O2)cc1. The Balaban J connectivity index is 1.47. The van der Waals surface area contributed by atoms with Gasteiger partial charge in [0.25, 0.3) is 0 Å². The lowest BCUT2D eigenvalue weighted by Crippen LogP contribution is -2.30. The van der Waals surface area contributed by atoms with Crippen LogP contribution in [0.2, 0.25) is 0 Å². The summed E-state index contributed by atoms with van der Waals surface area (Å²) >= 11 is 1.51. The van der Waals surface area contributed by atoms with E-state index in [9.17, 15) is 13.2 Å². The highest BCUT2D eigenvalue weighted by molar-refractivity contribution is 7.89. The van der Waals surface area contributed by atoms with Crippen LogP contribution >= 0.6 is 11.3 Å². The van der Waals surface area contributed by atoms with Crippen molar-refractivity contribution in [1.82, 2.24) is 9.29 Å². The zero-order valence-corrected chi connectivity index (χ0v) is 20.3. The van der Waals surface area contributed by atoms with E-state index in [-0.39, 0.29) is 16.5 Å². The summed E-state index contributed by atoms with van der Waals surface area (Å²) in [7, 11) is -3.56. The fraction of sp³-hybridized carbons (Fsp3) is 0.208. The molecule has 0 bridgehead atoms. The van der Waals surface area contributed by atoms with Gasteiger partial charge in [0, 0.05) is 24.0 Å². The molecule has 176 valence electrons. The summed E-state index contributed by atoms with van der Waals surface area (Å²) in [5.74, 6) is 0.248. The van der Waals surface area contributed by atoms with E-state index in [1.54, 1.807) is 49.7 Å². The Kier molecular flexibility index (Phi) is 7.20. The van der Waals surface area contributed by atoms with E-state index in [4.69, 9.17) is 9.47 Å². The zero-order chi connectivity index (χ0) is 24.1. The number of carbonyl (C=O) groups is 1. The molecule has 0 saturated heterocycles. The molecular weight excluding hydrogens is 474 g/mol. The van der Waals surface area contributed by atoms with E-state index in [0.717, 1.165) is 11.3 Å². The molecule has 34 heavy (non-hydrogen) atoms. The van der Waals surface area contributed by atoms with E-state index in [2.05, 4.69) is 9.98 Å². The lowest BCUT2D eigenvalue weighted by Gasteiger charge is -2.18. The highest BCUT2D eigenvalue weighted by Crippen LogP contribution is 2.23. The van der Waals surface area contributed by atoms with Crippen LogP contribution < -0.4 is 4.74 Å². The largest absolute Gasteiger partial charge is 0.487 e. The third-order valence-corrected chi connectivity index (χ3v) is 7.82. The first-order valence-corrected chi connectivity index (χ1v) is 13.0. The second-order valence-electron chi connectivity index (χ2n) is 7.29. The summed E-state index contributed by atoms with van der Waals surface area (Å²) < 4.78 is 37.7. The maximum absolute atomic E-state index is 12.6. The molecule has 0 saturated carbocycles. The molecule has 0 spiro atoms. The molecule has 1 aliphatic rings. The Morgan fingerprint density at radius 3 is 2.38 bits per heavy atom.